The first-order valence-corrected chi connectivity index (χ1v) is 12.0. The predicted molar refractivity (Wildman–Crippen MR) is 127 cm³/mol. The molecule has 0 bridgehead atoms. The van der Waals surface area contributed by atoms with E-state index in [-0.39, 0.29) is 11.3 Å². The number of benzene rings is 2. The highest BCUT2D eigenvalue weighted by Gasteiger charge is 2.50. The number of methoxy groups -OCH3 is 2. The normalized spacial score (nSPS) is 17.6. The Kier molecular flexibility index (Phi) is 4.79. The van der Waals surface area contributed by atoms with Gasteiger partial charge in [0.05, 0.1) is 14.2 Å². The van der Waals surface area contributed by atoms with E-state index in [1.807, 2.05) is 23.1 Å². The van der Waals surface area contributed by atoms with Crippen molar-refractivity contribution in [2.75, 3.05) is 30.4 Å². The predicted octanol–water partition coefficient (Wildman–Crippen LogP) is 5.19. The zero-order valence-electron chi connectivity index (χ0n) is 18.6. The van der Waals surface area contributed by atoms with Crippen molar-refractivity contribution in [3.05, 3.63) is 47.5 Å². The van der Waals surface area contributed by atoms with Crippen LogP contribution in [0.2, 0.25) is 0 Å². The molecule has 1 spiro atoms. The summed E-state index contributed by atoms with van der Waals surface area (Å²) in [7, 11) is 3.29. The lowest BCUT2D eigenvalue weighted by Crippen LogP contribution is -2.24. The van der Waals surface area contributed by atoms with E-state index in [0.29, 0.717) is 6.42 Å². The Labute approximate surface area is 196 Å². The molecule has 170 valence electrons. The Morgan fingerprint density at radius 3 is 2.61 bits per heavy atom. The number of nitrogens with one attached hydrogen (secondary N) is 1. The number of hydrogen-bond acceptors (Lipinski definition) is 7. The molecule has 0 radical (unpaired) electrons. The molecule has 8 heteroatoms. The molecular formula is C25H25N3O4S. The molecule has 6 rings (SSSR count). The molecule has 1 saturated carbocycles. The maximum Gasteiger partial charge on any atom is 0.227 e. The molecule has 1 saturated heterocycles. The van der Waals surface area contributed by atoms with Crippen LogP contribution in [0.4, 0.5) is 11.5 Å². The summed E-state index contributed by atoms with van der Waals surface area (Å²) in [6, 6.07) is 12.1. The van der Waals surface area contributed by atoms with E-state index in [2.05, 4.69) is 28.1 Å². The summed E-state index contributed by atoms with van der Waals surface area (Å²) < 4.78 is 20.3. The molecule has 2 aliphatic carbocycles. The summed E-state index contributed by atoms with van der Waals surface area (Å²) in [6.07, 6.45) is 4.73. The molecule has 2 aromatic carbocycles. The number of rotatable bonds is 6. The van der Waals surface area contributed by atoms with Crippen LogP contribution in [0.3, 0.4) is 0 Å². The highest BCUT2D eigenvalue weighted by atomic mass is 32.2. The lowest BCUT2D eigenvalue weighted by atomic mass is 9.79. The van der Waals surface area contributed by atoms with E-state index >= 15 is 0 Å². The maximum absolute atomic E-state index is 12.3. The van der Waals surface area contributed by atoms with Gasteiger partial charge in [0.25, 0.3) is 0 Å². The number of amides is 1. The van der Waals surface area contributed by atoms with Crippen molar-refractivity contribution in [2.24, 2.45) is 0 Å². The lowest BCUT2D eigenvalue weighted by Gasteiger charge is -2.26. The molecule has 1 amide bonds. The van der Waals surface area contributed by atoms with Crippen LogP contribution in [0.5, 0.6) is 11.5 Å². The van der Waals surface area contributed by atoms with Gasteiger partial charge in [-0.15, -0.1) is 0 Å². The molecule has 1 N–H and O–H groups in total. The fourth-order valence-corrected chi connectivity index (χ4v) is 5.95. The molecule has 33 heavy (non-hydrogen) atoms. The highest BCUT2D eigenvalue weighted by molar-refractivity contribution is 8.00. The summed E-state index contributed by atoms with van der Waals surface area (Å²) in [4.78, 5) is 15.0. The number of carbonyl (C=O) groups excluding carboxylic acids is 1. The molecule has 1 aliphatic heterocycles. The molecule has 2 heterocycles. The van der Waals surface area contributed by atoms with E-state index in [1.54, 1.807) is 14.2 Å². The third-order valence-electron chi connectivity index (χ3n) is 6.99. The van der Waals surface area contributed by atoms with Gasteiger partial charge < -0.3 is 23.6 Å². The van der Waals surface area contributed by atoms with Crippen molar-refractivity contribution in [2.45, 2.75) is 42.4 Å². The van der Waals surface area contributed by atoms with Gasteiger partial charge in [-0.2, -0.15) is 0 Å². The topological polar surface area (TPSA) is 76.8 Å². The zero-order chi connectivity index (χ0) is 22.6. The third kappa shape index (κ3) is 3.27. The molecule has 0 atom stereocenters. The first-order valence-electron chi connectivity index (χ1n) is 11.2. The van der Waals surface area contributed by atoms with Crippen LogP contribution < -0.4 is 19.1 Å². The van der Waals surface area contributed by atoms with Crippen LogP contribution in [0.25, 0.3) is 11.3 Å². The molecule has 1 aromatic heterocycles. The summed E-state index contributed by atoms with van der Waals surface area (Å²) in [5.74, 6) is 3.17. The van der Waals surface area contributed by atoms with Crippen molar-refractivity contribution in [1.29, 1.82) is 0 Å². The van der Waals surface area contributed by atoms with Crippen molar-refractivity contribution >= 4 is 29.4 Å². The Bertz CT molecular complexity index is 1230. The van der Waals surface area contributed by atoms with Crippen molar-refractivity contribution in [1.82, 2.24) is 5.16 Å². The van der Waals surface area contributed by atoms with E-state index in [0.717, 1.165) is 77.0 Å². The Balaban J connectivity index is 1.35. The molecule has 2 fully saturated rings. The number of ether oxygens (including phenoxy) is 2. The van der Waals surface area contributed by atoms with Gasteiger partial charge in [-0.3, -0.25) is 4.79 Å². The number of carbonyl (C=O) groups is 1. The van der Waals surface area contributed by atoms with Gasteiger partial charge in [0.2, 0.25) is 5.91 Å². The van der Waals surface area contributed by atoms with Crippen molar-refractivity contribution in [3.63, 3.8) is 0 Å². The number of nitrogens with zero attached hydrogens (tertiary/aromatic N) is 2. The quantitative estimate of drug-likeness (QED) is 0.504. The second-order valence-electron chi connectivity index (χ2n) is 8.87. The standard InChI is InChI=1S/C25H25N3O4S/c1-30-19-5-3-6-20(31-2)23(19)33-27-24-17-14-25(10-11-25)18-9-8-15(28-12-4-7-21(28)29)13-16(18)22(17)32-26-24/h3,5-6,8-9,13H,4,7,10-12,14H2,1-2H3,(H,26,27). The second-order valence-corrected chi connectivity index (χ2v) is 9.69. The maximum atomic E-state index is 12.3. The molecule has 7 nitrogen and oxygen atoms in total. The number of anilines is 2. The second kappa shape index (κ2) is 7.73. The number of aromatic nitrogens is 1. The van der Waals surface area contributed by atoms with Crippen LogP contribution in [0.15, 0.2) is 45.8 Å². The molecule has 3 aliphatic rings. The van der Waals surface area contributed by atoms with Gasteiger partial charge in [0.15, 0.2) is 11.6 Å². The van der Waals surface area contributed by atoms with Crippen LogP contribution in [-0.2, 0) is 16.6 Å². The summed E-state index contributed by atoms with van der Waals surface area (Å²) in [5.41, 5.74) is 4.55. The minimum atomic E-state index is 0.144. The highest BCUT2D eigenvalue weighted by Crippen LogP contribution is 2.59. The largest absolute Gasteiger partial charge is 0.495 e. The molecular weight excluding hydrogens is 438 g/mol. The van der Waals surface area contributed by atoms with Crippen LogP contribution in [0.1, 0.15) is 36.8 Å². The van der Waals surface area contributed by atoms with Crippen LogP contribution in [0, 0.1) is 0 Å². The summed E-state index contributed by atoms with van der Waals surface area (Å²) in [6.45, 7) is 0.774. The van der Waals surface area contributed by atoms with Gasteiger partial charge >= 0.3 is 0 Å². The average molecular weight is 464 g/mol. The smallest absolute Gasteiger partial charge is 0.227 e. The fourth-order valence-electron chi connectivity index (χ4n) is 5.08. The average Bonchev–Trinajstić information content (AvgIpc) is 3.28. The first kappa shape index (κ1) is 20.5. The Morgan fingerprint density at radius 2 is 1.94 bits per heavy atom. The first-order chi connectivity index (χ1) is 16.1. The van der Waals surface area contributed by atoms with Crippen LogP contribution >= 0.6 is 11.9 Å². The summed E-state index contributed by atoms with van der Waals surface area (Å²) in [5, 5.41) is 4.39. The van der Waals surface area contributed by atoms with Crippen molar-refractivity contribution in [3.8, 4) is 22.8 Å². The fraction of sp³-hybridized carbons (Fsp3) is 0.360. The van der Waals surface area contributed by atoms with Crippen molar-refractivity contribution < 1.29 is 18.8 Å². The van der Waals surface area contributed by atoms with Gasteiger partial charge in [-0.05, 0) is 67.5 Å². The van der Waals surface area contributed by atoms with E-state index in [9.17, 15) is 4.79 Å². The monoisotopic (exact) mass is 463 g/mol. The zero-order valence-corrected chi connectivity index (χ0v) is 19.5. The Hall–Kier alpha value is -3.13. The van der Waals surface area contributed by atoms with Gasteiger partial charge in [-0.1, -0.05) is 17.3 Å². The van der Waals surface area contributed by atoms with Gasteiger partial charge in [-0.25, -0.2) is 0 Å². The minimum Gasteiger partial charge on any atom is -0.495 e. The van der Waals surface area contributed by atoms with E-state index in [4.69, 9.17) is 14.0 Å². The van der Waals surface area contributed by atoms with Crippen LogP contribution in [-0.4, -0.2) is 31.8 Å². The van der Waals surface area contributed by atoms with Gasteiger partial charge in [0.1, 0.15) is 16.4 Å². The van der Waals surface area contributed by atoms with E-state index < -0.39 is 0 Å². The molecule has 3 aromatic rings. The van der Waals surface area contributed by atoms with E-state index in [1.165, 1.54) is 17.5 Å². The van der Waals surface area contributed by atoms with Gasteiger partial charge in [0, 0.05) is 35.2 Å². The Morgan fingerprint density at radius 1 is 1.15 bits per heavy atom. The SMILES string of the molecule is COc1cccc(OC)c1SNc1noc2c1CC1(CC1)c1ccc(N3CCCC3=O)cc1-2. The molecule has 0 unspecified atom stereocenters. The lowest BCUT2D eigenvalue weighted by molar-refractivity contribution is -0.117. The summed E-state index contributed by atoms with van der Waals surface area (Å²) >= 11 is 1.40. The third-order valence-corrected chi connectivity index (χ3v) is 7.90. The number of fused-ring (bicyclic) bond motifs is 4. The minimum absolute atomic E-state index is 0.144. The number of hydrogen-bond donors (Lipinski definition) is 1.